The second-order valence-corrected chi connectivity index (χ2v) is 8.83. The molecule has 3 rings (SSSR count). The largest absolute Gasteiger partial charge is 0.492 e. The number of rotatable bonds is 8. The molecule has 150 valence electrons. The smallest absolute Gasteiger partial charge is 0.329 e. The van der Waals surface area contributed by atoms with E-state index < -0.39 is 10.0 Å². The Kier molecular flexibility index (Phi) is 5.90. The van der Waals surface area contributed by atoms with E-state index in [1.807, 2.05) is 31.2 Å². The fourth-order valence-corrected chi connectivity index (χ4v) is 4.00. The summed E-state index contributed by atoms with van der Waals surface area (Å²) in [7, 11) is -0.475. The molecule has 0 spiro atoms. The van der Waals surface area contributed by atoms with Crippen LogP contribution in [0.3, 0.4) is 0 Å². The van der Waals surface area contributed by atoms with Crippen LogP contribution in [0.1, 0.15) is 13.3 Å². The number of para-hydroxylation sites is 2. The van der Waals surface area contributed by atoms with E-state index in [2.05, 4.69) is 0 Å². The summed E-state index contributed by atoms with van der Waals surface area (Å²) in [5.41, 5.74) is 1.77. The van der Waals surface area contributed by atoms with E-state index in [1.165, 1.54) is 30.5 Å². The Labute approximate surface area is 164 Å². The first-order valence-corrected chi connectivity index (χ1v) is 10.6. The first-order chi connectivity index (χ1) is 13.4. The molecule has 7 nitrogen and oxygen atoms in total. The lowest BCUT2D eigenvalue weighted by atomic mass is 10.3. The standard InChI is InChI=1S/C20H25N3O4S/c1-4-13-22-18-7-5-6-8-19(18)23(20(22)24)14-15-27-16-9-11-17(12-10-16)28(25,26)21(2)3/h5-12H,4,13-15H2,1-3H3. The first kappa shape index (κ1) is 20.2. The molecule has 2 aromatic carbocycles. The number of nitrogens with zero attached hydrogens (tertiary/aromatic N) is 3. The van der Waals surface area contributed by atoms with Crippen LogP contribution in [0, 0.1) is 0 Å². The van der Waals surface area contributed by atoms with Crippen molar-refractivity contribution in [2.24, 2.45) is 0 Å². The Morgan fingerprint density at radius 3 is 2.04 bits per heavy atom. The number of aromatic nitrogens is 2. The van der Waals surface area contributed by atoms with Gasteiger partial charge in [-0.3, -0.25) is 9.13 Å². The molecule has 0 saturated carbocycles. The molecule has 0 saturated heterocycles. The van der Waals surface area contributed by atoms with Crippen LogP contribution < -0.4 is 10.4 Å². The topological polar surface area (TPSA) is 73.5 Å². The minimum atomic E-state index is -3.46. The molecular weight excluding hydrogens is 378 g/mol. The van der Waals surface area contributed by atoms with E-state index >= 15 is 0 Å². The molecule has 0 aliphatic heterocycles. The predicted molar refractivity (Wildman–Crippen MR) is 109 cm³/mol. The van der Waals surface area contributed by atoms with E-state index in [9.17, 15) is 13.2 Å². The summed E-state index contributed by atoms with van der Waals surface area (Å²) in [6.07, 6.45) is 0.882. The number of benzene rings is 2. The van der Waals surface area contributed by atoms with Crippen molar-refractivity contribution in [3.8, 4) is 5.75 Å². The molecule has 8 heteroatoms. The quantitative estimate of drug-likeness (QED) is 0.579. The number of sulfonamides is 1. The van der Waals surface area contributed by atoms with Crippen LogP contribution >= 0.6 is 0 Å². The minimum Gasteiger partial charge on any atom is -0.492 e. The fraction of sp³-hybridized carbons (Fsp3) is 0.350. The summed E-state index contributed by atoms with van der Waals surface area (Å²) < 4.78 is 34.6. The van der Waals surface area contributed by atoms with Gasteiger partial charge in [0, 0.05) is 20.6 Å². The van der Waals surface area contributed by atoms with Gasteiger partial charge in [0.1, 0.15) is 12.4 Å². The molecule has 0 amide bonds. The SMILES string of the molecule is CCCn1c(=O)n(CCOc2ccc(S(=O)(=O)N(C)C)cc2)c2ccccc21. The average Bonchev–Trinajstić information content (AvgIpc) is 2.94. The zero-order valence-corrected chi connectivity index (χ0v) is 17.1. The van der Waals surface area contributed by atoms with Gasteiger partial charge >= 0.3 is 5.69 Å². The van der Waals surface area contributed by atoms with E-state index in [0.717, 1.165) is 17.5 Å². The number of fused-ring (bicyclic) bond motifs is 1. The Morgan fingerprint density at radius 2 is 1.50 bits per heavy atom. The lowest BCUT2D eigenvalue weighted by molar-refractivity contribution is 0.297. The third kappa shape index (κ3) is 3.83. The van der Waals surface area contributed by atoms with E-state index in [0.29, 0.717) is 25.4 Å². The number of aryl methyl sites for hydroxylation is 1. The molecule has 0 N–H and O–H groups in total. The highest BCUT2D eigenvalue weighted by Crippen LogP contribution is 2.18. The molecule has 0 radical (unpaired) electrons. The lowest BCUT2D eigenvalue weighted by Gasteiger charge is -2.12. The van der Waals surface area contributed by atoms with E-state index in [-0.39, 0.29) is 10.6 Å². The van der Waals surface area contributed by atoms with Crippen LogP contribution in [0.5, 0.6) is 5.75 Å². The Bertz CT molecular complexity index is 1110. The molecule has 1 heterocycles. The third-order valence-electron chi connectivity index (χ3n) is 4.56. The zero-order chi connectivity index (χ0) is 20.3. The highest BCUT2D eigenvalue weighted by Gasteiger charge is 2.17. The van der Waals surface area contributed by atoms with Gasteiger partial charge < -0.3 is 4.74 Å². The van der Waals surface area contributed by atoms with Crippen molar-refractivity contribution in [1.29, 1.82) is 0 Å². The highest BCUT2D eigenvalue weighted by molar-refractivity contribution is 7.89. The van der Waals surface area contributed by atoms with Gasteiger partial charge in [-0.1, -0.05) is 19.1 Å². The molecule has 0 atom stereocenters. The van der Waals surface area contributed by atoms with Gasteiger partial charge in [0.15, 0.2) is 0 Å². The summed E-state index contributed by atoms with van der Waals surface area (Å²) in [5, 5.41) is 0. The zero-order valence-electron chi connectivity index (χ0n) is 16.3. The highest BCUT2D eigenvalue weighted by atomic mass is 32.2. The van der Waals surface area contributed by atoms with Gasteiger partial charge in [-0.05, 0) is 42.8 Å². The van der Waals surface area contributed by atoms with Crippen molar-refractivity contribution in [2.45, 2.75) is 31.3 Å². The van der Waals surface area contributed by atoms with Crippen LogP contribution in [0.4, 0.5) is 0 Å². The summed E-state index contributed by atoms with van der Waals surface area (Å²) in [5.74, 6) is 0.558. The van der Waals surface area contributed by atoms with Gasteiger partial charge in [-0.25, -0.2) is 17.5 Å². The van der Waals surface area contributed by atoms with Gasteiger partial charge in [0.05, 0.1) is 22.5 Å². The Hall–Kier alpha value is -2.58. The van der Waals surface area contributed by atoms with Crippen LogP contribution in [-0.4, -0.2) is 42.6 Å². The lowest BCUT2D eigenvalue weighted by Crippen LogP contribution is -2.26. The van der Waals surface area contributed by atoms with Crippen LogP contribution in [0.2, 0.25) is 0 Å². The predicted octanol–water partition coefficient (Wildman–Crippen LogP) is 2.54. The van der Waals surface area contributed by atoms with Gasteiger partial charge in [-0.2, -0.15) is 0 Å². The van der Waals surface area contributed by atoms with Crippen molar-refractivity contribution < 1.29 is 13.2 Å². The van der Waals surface area contributed by atoms with Gasteiger partial charge in [-0.15, -0.1) is 0 Å². The number of imidazole rings is 1. The van der Waals surface area contributed by atoms with Crippen molar-refractivity contribution in [3.63, 3.8) is 0 Å². The second-order valence-electron chi connectivity index (χ2n) is 6.68. The van der Waals surface area contributed by atoms with Crippen LogP contribution in [0.25, 0.3) is 11.0 Å². The van der Waals surface area contributed by atoms with Gasteiger partial charge in [0.2, 0.25) is 10.0 Å². The van der Waals surface area contributed by atoms with E-state index in [1.54, 1.807) is 21.3 Å². The maximum Gasteiger partial charge on any atom is 0.329 e. The van der Waals surface area contributed by atoms with Crippen molar-refractivity contribution in [2.75, 3.05) is 20.7 Å². The van der Waals surface area contributed by atoms with Crippen molar-refractivity contribution in [1.82, 2.24) is 13.4 Å². The molecule has 0 aliphatic carbocycles. The summed E-state index contributed by atoms with van der Waals surface area (Å²) in [4.78, 5) is 13.0. The van der Waals surface area contributed by atoms with Crippen molar-refractivity contribution >= 4 is 21.1 Å². The maximum atomic E-state index is 12.7. The Morgan fingerprint density at radius 1 is 0.929 bits per heavy atom. The van der Waals surface area contributed by atoms with Gasteiger partial charge in [0.25, 0.3) is 0 Å². The minimum absolute atomic E-state index is 0.0425. The van der Waals surface area contributed by atoms with Crippen LogP contribution in [0.15, 0.2) is 58.2 Å². The molecule has 0 bridgehead atoms. The van der Waals surface area contributed by atoms with Crippen LogP contribution in [-0.2, 0) is 23.1 Å². The first-order valence-electron chi connectivity index (χ1n) is 9.19. The molecule has 0 aliphatic rings. The Balaban J connectivity index is 1.74. The number of ether oxygens (including phenoxy) is 1. The van der Waals surface area contributed by atoms with Crippen molar-refractivity contribution in [3.05, 3.63) is 59.0 Å². The molecule has 3 aromatic rings. The number of hydrogen-bond acceptors (Lipinski definition) is 4. The molecule has 1 aromatic heterocycles. The molecule has 28 heavy (non-hydrogen) atoms. The average molecular weight is 404 g/mol. The maximum absolute atomic E-state index is 12.7. The molecule has 0 fully saturated rings. The fourth-order valence-electron chi connectivity index (χ4n) is 3.10. The monoisotopic (exact) mass is 403 g/mol. The normalized spacial score (nSPS) is 12.0. The second kappa shape index (κ2) is 8.20. The molecular formula is C20H25N3O4S. The third-order valence-corrected chi connectivity index (χ3v) is 6.39. The summed E-state index contributed by atoms with van der Waals surface area (Å²) in [6.45, 7) is 3.43. The summed E-state index contributed by atoms with van der Waals surface area (Å²) >= 11 is 0. The van der Waals surface area contributed by atoms with E-state index in [4.69, 9.17) is 4.74 Å². The summed E-state index contributed by atoms with van der Waals surface area (Å²) in [6, 6.07) is 14.0. The molecule has 0 unspecified atom stereocenters. The number of hydrogen-bond donors (Lipinski definition) is 0.